The molecule has 3 aromatic rings. The van der Waals surface area contributed by atoms with E-state index in [1.54, 1.807) is 28.6 Å². The van der Waals surface area contributed by atoms with Crippen LogP contribution in [-0.2, 0) is 16.0 Å². The Morgan fingerprint density at radius 1 is 1.06 bits per heavy atom. The zero-order valence-electron chi connectivity index (χ0n) is 19.9. The van der Waals surface area contributed by atoms with Gasteiger partial charge in [0, 0.05) is 29.0 Å². The van der Waals surface area contributed by atoms with E-state index in [-0.39, 0.29) is 24.3 Å². The van der Waals surface area contributed by atoms with Gasteiger partial charge in [-0.15, -0.1) is 11.3 Å². The quantitative estimate of drug-likeness (QED) is 0.411. The summed E-state index contributed by atoms with van der Waals surface area (Å²) in [6, 6.07) is 15.1. The third-order valence-corrected chi connectivity index (χ3v) is 7.63. The second-order valence-corrected chi connectivity index (χ2v) is 10.1. The lowest BCUT2D eigenvalue weighted by atomic mass is 9.97. The highest BCUT2D eigenvalue weighted by molar-refractivity contribution is 7.10. The molecule has 2 unspecified atom stereocenters. The maximum Gasteiger partial charge on any atom is 0.248 e. The maximum absolute atomic E-state index is 13.8. The highest BCUT2D eigenvalue weighted by Crippen LogP contribution is 2.31. The van der Waals surface area contributed by atoms with Crippen molar-refractivity contribution in [2.45, 2.75) is 70.4 Å². The number of anilines is 1. The van der Waals surface area contributed by atoms with Crippen molar-refractivity contribution in [2.75, 3.05) is 4.90 Å². The molecular weight excluding hydrogens is 442 g/mol. The second-order valence-electron chi connectivity index (χ2n) is 9.09. The van der Waals surface area contributed by atoms with Crippen molar-refractivity contribution in [1.82, 2.24) is 10.3 Å². The molecule has 1 N–H and O–H groups in total. The van der Waals surface area contributed by atoms with Gasteiger partial charge in [0.2, 0.25) is 11.8 Å². The molecule has 0 spiro atoms. The number of pyridine rings is 1. The Balaban J connectivity index is 1.73. The van der Waals surface area contributed by atoms with Crippen LogP contribution in [0.2, 0.25) is 0 Å². The fourth-order valence-electron chi connectivity index (χ4n) is 4.60. The van der Waals surface area contributed by atoms with Crippen molar-refractivity contribution in [2.24, 2.45) is 0 Å². The Bertz CT molecular complexity index is 1060. The molecule has 0 radical (unpaired) electrons. The van der Waals surface area contributed by atoms with E-state index in [1.165, 1.54) is 5.56 Å². The molecule has 1 aromatic carbocycles. The molecule has 0 aliphatic heterocycles. The number of benzene rings is 1. The molecule has 4 rings (SSSR count). The molecule has 1 fully saturated rings. The first-order valence-corrected chi connectivity index (χ1v) is 13.1. The van der Waals surface area contributed by atoms with E-state index >= 15 is 0 Å². The second kappa shape index (κ2) is 11.4. The third kappa shape index (κ3) is 5.73. The Morgan fingerprint density at radius 2 is 1.76 bits per heavy atom. The van der Waals surface area contributed by atoms with E-state index in [2.05, 4.69) is 36.3 Å². The summed E-state index contributed by atoms with van der Waals surface area (Å²) in [5.74, 6) is 0.205. The van der Waals surface area contributed by atoms with Gasteiger partial charge in [-0.05, 0) is 72.0 Å². The van der Waals surface area contributed by atoms with Gasteiger partial charge < -0.3 is 5.32 Å². The van der Waals surface area contributed by atoms with Gasteiger partial charge in [-0.2, -0.15) is 0 Å². The number of carbonyl (C=O) groups is 2. The van der Waals surface area contributed by atoms with Crippen LogP contribution in [0.4, 0.5) is 5.69 Å². The van der Waals surface area contributed by atoms with E-state index in [4.69, 9.17) is 0 Å². The maximum atomic E-state index is 13.8. The van der Waals surface area contributed by atoms with E-state index in [1.807, 2.05) is 41.8 Å². The van der Waals surface area contributed by atoms with Gasteiger partial charge in [0.05, 0.1) is 6.42 Å². The molecule has 34 heavy (non-hydrogen) atoms. The summed E-state index contributed by atoms with van der Waals surface area (Å²) in [6.07, 6.45) is 8.89. The average molecular weight is 476 g/mol. The minimum atomic E-state index is -0.759. The fraction of sp³-hybridized carbons (Fsp3) is 0.393. The van der Waals surface area contributed by atoms with Gasteiger partial charge in [-0.25, -0.2) is 0 Å². The number of hydrogen-bond donors (Lipinski definition) is 1. The highest BCUT2D eigenvalue weighted by Gasteiger charge is 2.34. The van der Waals surface area contributed by atoms with Gasteiger partial charge in [0.25, 0.3) is 0 Å². The van der Waals surface area contributed by atoms with Crippen LogP contribution >= 0.6 is 11.3 Å². The summed E-state index contributed by atoms with van der Waals surface area (Å²) < 4.78 is 0. The Kier molecular flexibility index (Phi) is 8.12. The SMILES string of the molecule is CCC(C)c1ccc(N(C(=O)Cc2cccs2)C(C(=O)NC2CCCC2)c2ccncc2)cc1. The van der Waals surface area contributed by atoms with Gasteiger partial charge in [-0.1, -0.05) is 44.9 Å². The molecule has 1 aliphatic rings. The van der Waals surface area contributed by atoms with Gasteiger partial charge in [0.15, 0.2) is 0 Å². The highest BCUT2D eigenvalue weighted by atomic mass is 32.1. The number of thiophene rings is 1. The monoisotopic (exact) mass is 475 g/mol. The summed E-state index contributed by atoms with van der Waals surface area (Å²) in [6.45, 7) is 4.37. The van der Waals surface area contributed by atoms with Crippen LogP contribution < -0.4 is 10.2 Å². The summed E-state index contributed by atoms with van der Waals surface area (Å²) in [5, 5.41) is 5.20. The van der Waals surface area contributed by atoms with Crippen molar-refractivity contribution >= 4 is 28.8 Å². The summed E-state index contributed by atoms with van der Waals surface area (Å²) in [7, 11) is 0. The Labute approximate surface area is 206 Å². The van der Waals surface area contributed by atoms with E-state index in [0.29, 0.717) is 5.92 Å². The smallest absolute Gasteiger partial charge is 0.248 e. The molecule has 6 heteroatoms. The van der Waals surface area contributed by atoms with Crippen LogP contribution in [0.3, 0.4) is 0 Å². The van der Waals surface area contributed by atoms with Crippen LogP contribution in [0.25, 0.3) is 0 Å². The predicted octanol–water partition coefficient (Wildman–Crippen LogP) is 6.03. The van der Waals surface area contributed by atoms with Crippen LogP contribution in [0.15, 0.2) is 66.3 Å². The first-order chi connectivity index (χ1) is 16.6. The summed E-state index contributed by atoms with van der Waals surface area (Å²) >= 11 is 1.56. The number of nitrogens with one attached hydrogen (secondary N) is 1. The van der Waals surface area contributed by atoms with Gasteiger partial charge >= 0.3 is 0 Å². The molecule has 2 heterocycles. The lowest BCUT2D eigenvalue weighted by Gasteiger charge is -2.32. The fourth-order valence-corrected chi connectivity index (χ4v) is 5.29. The van der Waals surface area contributed by atoms with Gasteiger partial charge in [0.1, 0.15) is 6.04 Å². The molecule has 0 bridgehead atoms. The molecule has 0 saturated heterocycles. The molecule has 2 amide bonds. The first kappa shape index (κ1) is 24.1. The zero-order chi connectivity index (χ0) is 23.9. The molecule has 2 atom stereocenters. The standard InChI is InChI=1S/C28H33N3O2S/c1-3-20(2)21-10-12-24(13-11-21)31(26(32)19-25-9-6-18-34-25)27(22-14-16-29-17-15-22)28(33)30-23-7-4-5-8-23/h6,9-18,20,23,27H,3-5,7-8,19H2,1-2H3,(H,30,33). The minimum Gasteiger partial charge on any atom is -0.351 e. The molecule has 1 saturated carbocycles. The number of carbonyl (C=O) groups excluding carboxylic acids is 2. The number of amides is 2. The molecule has 5 nitrogen and oxygen atoms in total. The van der Waals surface area contributed by atoms with E-state index in [0.717, 1.165) is 48.2 Å². The summed E-state index contributed by atoms with van der Waals surface area (Å²) in [4.78, 5) is 34.3. The normalized spacial score (nSPS) is 15.6. The van der Waals surface area contributed by atoms with E-state index in [9.17, 15) is 9.59 Å². The Morgan fingerprint density at radius 3 is 2.38 bits per heavy atom. The van der Waals surface area contributed by atoms with Gasteiger partial charge in [-0.3, -0.25) is 19.5 Å². The van der Waals surface area contributed by atoms with Crippen molar-refractivity contribution in [3.05, 3.63) is 82.3 Å². The minimum absolute atomic E-state index is 0.0953. The number of aromatic nitrogens is 1. The van der Waals surface area contributed by atoms with Crippen molar-refractivity contribution in [3.63, 3.8) is 0 Å². The first-order valence-electron chi connectivity index (χ1n) is 12.2. The lowest BCUT2D eigenvalue weighted by molar-refractivity contribution is -0.127. The molecular formula is C28H33N3O2S. The average Bonchev–Trinajstić information content (AvgIpc) is 3.57. The van der Waals surface area contributed by atoms with Crippen molar-refractivity contribution in [1.29, 1.82) is 0 Å². The van der Waals surface area contributed by atoms with Crippen LogP contribution in [0.1, 0.15) is 73.9 Å². The number of nitrogens with zero attached hydrogens (tertiary/aromatic N) is 2. The van der Waals surface area contributed by atoms with Crippen molar-refractivity contribution in [3.8, 4) is 0 Å². The van der Waals surface area contributed by atoms with Crippen molar-refractivity contribution < 1.29 is 9.59 Å². The Hall–Kier alpha value is -2.99. The topological polar surface area (TPSA) is 62.3 Å². The molecule has 178 valence electrons. The largest absolute Gasteiger partial charge is 0.351 e. The van der Waals surface area contributed by atoms with Crippen LogP contribution in [0, 0.1) is 0 Å². The summed E-state index contributed by atoms with van der Waals surface area (Å²) in [5.41, 5.74) is 2.72. The van der Waals surface area contributed by atoms with Crippen LogP contribution in [-0.4, -0.2) is 22.8 Å². The predicted molar refractivity (Wildman–Crippen MR) is 138 cm³/mol. The van der Waals surface area contributed by atoms with Crippen LogP contribution in [0.5, 0.6) is 0 Å². The molecule has 1 aliphatic carbocycles. The lowest BCUT2D eigenvalue weighted by Crippen LogP contribution is -2.46. The zero-order valence-corrected chi connectivity index (χ0v) is 20.8. The van der Waals surface area contributed by atoms with E-state index < -0.39 is 6.04 Å². The number of rotatable bonds is 9. The molecule has 2 aromatic heterocycles. The number of hydrogen-bond acceptors (Lipinski definition) is 4. The third-order valence-electron chi connectivity index (χ3n) is 6.76.